The Balaban J connectivity index is 1.73. The largest absolute Gasteiger partial charge is 0.444 e. The van der Waals surface area contributed by atoms with Crippen LogP contribution in [0.1, 0.15) is 32.0 Å². The number of anilines is 2. The number of ether oxygens (including phenoxy) is 1. The summed E-state index contributed by atoms with van der Waals surface area (Å²) in [7, 11) is 0. The normalized spacial score (nSPS) is 17.2. The van der Waals surface area contributed by atoms with Crippen molar-refractivity contribution in [2.45, 2.75) is 39.0 Å². The summed E-state index contributed by atoms with van der Waals surface area (Å²) in [6.45, 7) is 6.28. The second kappa shape index (κ2) is 7.37. The summed E-state index contributed by atoms with van der Waals surface area (Å²) >= 11 is 0. The average Bonchev–Trinajstić information content (AvgIpc) is 3.05. The Morgan fingerprint density at radius 1 is 1.29 bits per heavy atom. The third-order valence-electron chi connectivity index (χ3n) is 4.36. The first-order valence-electron chi connectivity index (χ1n) is 8.97. The maximum atomic E-state index is 12.8. The molecule has 1 amide bonds. The molecule has 2 aromatic rings. The van der Waals surface area contributed by atoms with E-state index in [9.17, 15) is 18.0 Å². The number of alkyl carbamates (subject to hydrolysis) is 1. The number of carbonyl (C=O) groups excluding carboxylic acids is 1. The van der Waals surface area contributed by atoms with Crippen LogP contribution < -0.4 is 10.2 Å². The minimum absolute atomic E-state index is 0.0442. The highest BCUT2D eigenvalue weighted by Crippen LogP contribution is 2.36. The Labute approximate surface area is 161 Å². The Morgan fingerprint density at radius 3 is 2.57 bits per heavy atom. The number of rotatable bonds is 3. The number of nitrogens with zero attached hydrogens (tertiary/aromatic N) is 2. The molecular weight excluding hydrogens is 373 g/mol. The van der Waals surface area contributed by atoms with Gasteiger partial charge in [-0.1, -0.05) is 0 Å². The minimum atomic E-state index is -4.37. The van der Waals surface area contributed by atoms with Crippen molar-refractivity contribution in [3.8, 4) is 0 Å². The van der Waals surface area contributed by atoms with Crippen LogP contribution in [0, 0.1) is 5.92 Å². The van der Waals surface area contributed by atoms with Crippen LogP contribution in [0.3, 0.4) is 0 Å². The molecule has 1 aliphatic rings. The van der Waals surface area contributed by atoms with Gasteiger partial charge < -0.3 is 15.0 Å². The number of fused-ring (bicyclic) bond motifs is 1. The first-order chi connectivity index (χ1) is 13.0. The van der Waals surface area contributed by atoms with Gasteiger partial charge in [-0.15, -0.1) is 0 Å². The van der Waals surface area contributed by atoms with E-state index in [1.54, 1.807) is 27.0 Å². The van der Waals surface area contributed by atoms with Gasteiger partial charge in [0.15, 0.2) is 0 Å². The van der Waals surface area contributed by atoms with Crippen molar-refractivity contribution in [3.63, 3.8) is 0 Å². The summed E-state index contributed by atoms with van der Waals surface area (Å²) in [5.74, 6) is 0.0442. The standard InChI is InChI=1S/C19H23F3N4O2/c1-18(2,3)28-17(27)23-9-12-8-15-16(10-24-25-15)26(11-12)14-6-4-13(5-7-14)19(20,21)22/h4-7,10,12H,8-9,11H2,1-3H3,(H,23,27)(H,24,25). The number of aromatic amines is 1. The number of alkyl halides is 3. The fourth-order valence-corrected chi connectivity index (χ4v) is 3.15. The fraction of sp³-hybridized carbons (Fsp3) is 0.474. The number of amides is 1. The van der Waals surface area contributed by atoms with E-state index in [0.29, 0.717) is 25.2 Å². The number of halogens is 3. The molecule has 0 bridgehead atoms. The predicted octanol–water partition coefficient (Wildman–Crippen LogP) is 4.26. The number of carbonyl (C=O) groups is 1. The fourth-order valence-electron chi connectivity index (χ4n) is 3.15. The number of hydrogen-bond acceptors (Lipinski definition) is 4. The molecule has 0 saturated carbocycles. The topological polar surface area (TPSA) is 70.2 Å². The maximum absolute atomic E-state index is 12.8. The lowest BCUT2D eigenvalue weighted by Gasteiger charge is -2.34. The first-order valence-corrected chi connectivity index (χ1v) is 8.97. The highest BCUT2D eigenvalue weighted by atomic mass is 19.4. The van der Waals surface area contributed by atoms with Crippen LogP contribution in [-0.4, -0.2) is 35.0 Å². The molecule has 1 unspecified atom stereocenters. The Morgan fingerprint density at radius 2 is 1.96 bits per heavy atom. The molecule has 0 spiro atoms. The van der Waals surface area contributed by atoms with Crippen LogP contribution in [-0.2, 0) is 17.3 Å². The molecule has 0 radical (unpaired) electrons. The molecule has 3 rings (SSSR count). The molecule has 6 nitrogen and oxygen atoms in total. The predicted molar refractivity (Wildman–Crippen MR) is 98.5 cm³/mol. The maximum Gasteiger partial charge on any atom is 0.416 e. The molecule has 0 fully saturated rings. The van der Waals surface area contributed by atoms with Gasteiger partial charge in [-0.05, 0) is 57.4 Å². The molecular formula is C19H23F3N4O2. The lowest BCUT2D eigenvalue weighted by molar-refractivity contribution is -0.137. The molecule has 0 saturated heterocycles. The van der Waals surface area contributed by atoms with Gasteiger partial charge in [-0.3, -0.25) is 5.10 Å². The van der Waals surface area contributed by atoms with E-state index >= 15 is 0 Å². The summed E-state index contributed by atoms with van der Waals surface area (Å²) in [6, 6.07) is 5.03. The second-order valence-corrected chi connectivity index (χ2v) is 7.84. The van der Waals surface area contributed by atoms with Gasteiger partial charge in [0, 0.05) is 18.8 Å². The average molecular weight is 396 g/mol. The summed E-state index contributed by atoms with van der Waals surface area (Å²) < 4.78 is 43.7. The van der Waals surface area contributed by atoms with E-state index in [1.165, 1.54) is 12.1 Å². The van der Waals surface area contributed by atoms with Crippen molar-refractivity contribution >= 4 is 17.5 Å². The lowest BCUT2D eigenvalue weighted by atomic mass is 9.96. The van der Waals surface area contributed by atoms with Gasteiger partial charge in [0.25, 0.3) is 0 Å². The molecule has 1 aliphatic heterocycles. The van der Waals surface area contributed by atoms with Gasteiger partial charge in [0.1, 0.15) is 5.60 Å². The Kier molecular flexibility index (Phi) is 5.27. The van der Waals surface area contributed by atoms with E-state index in [0.717, 1.165) is 23.5 Å². The van der Waals surface area contributed by atoms with E-state index in [4.69, 9.17) is 4.74 Å². The van der Waals surface area contributed by atoms with Gasteiger partial charge in [0.05, 0.1) is 23.1 Å². The van der Waals surface area contributed by atoms with Crippen molar-refractivity contribution in [2.24, 2.45) is 5.92 Å². The number of H-pyrrole nitrogens is 1. The zero-order chi connectivity index (χ0) is 20.5. The molecule has 152 valence electrons. The smallest absolute Gasteiger partial charge is 0.416 e. The van der Waals surface area contributed by atoms with Crippen LogP contribution in [0.2, 0.25) is 0 Å². The number of hydrogen-bond donors (Lipinski definition) is 2. The van der Waals surface area contributed by atoms with E-state index < -0.39 is 23.4 Å². The molecule has 1 atom stereocenters. The van der Waals surface area contributed by atoms with Gasteiger partial charge >= 0.3 is 12.3 Å². The number of benzene rings is 1. The second-order valence-electron chi connectivity index (χ2n) is 7.84. The number of aromatic nitrogens is 2. The van der Waals surface area contributed by atoms with Gasteiger partial charge in [-0.25, -0.2) is 4.79 Å². The lowest BCUT2D eigenvalue weighted by Crippen LogP contribution is -2.41. The first kappa shape index (κ1) is 20.0. The molecule has 28 heavy (non-hydrogen) atoms. The summed E-state index contributed by atoms with van der Waals surface area (Å²) in [5.41, 5.74) is 1.07. The molecule has 0 aliphatic carbocycles. The highest BCUT2D eigenvalue weighted by molar-refractivity contribution is 5.68. The zero-order valence-corrected chi connectivity index (χ0v) is 15.9. The monoisotopic (exact) mass is 396 g/mol. The molecule has 9 heteroatoms. The molecule has 2 heterocycles. The van der Waals surface area contributed by atoms with Gasteiger partial charge in [-0.2, -0.15) is 18.3 Å². The van der Waals surface area contributed by atoms with Crippen molar-refractivity contribution < 1.29 is 22.7 Å². The third kappa shape index (κ3) is 4.76. The van der Waals surface area contributed by atoms with Gasteiger partial charge in [0.2, 0.25) is 0 Å². The SMILES string of the molecule is CC(C)(C)OC(=O)NCC1Cc2[nH]ncc2N(c2ccc(C(F)(F)F)cc2)C1. The minimum Gasteiger partial charge on any atom is -0.444 e. The van der Waals surface area contributed by atoms with E-state index in [1.807, 2.05) is 4.90 Å². The molecule has 1 aromatic heterocycles. The van der Waals surface area contributed by atoms with Crippen LogP contribution in [0.5, 0.6) is 0 Å². The Hall–Kier alpha value is -2.71. The molecule has 2 N–H and O–H groups in total. The summed E-state index contributed by atoms with van der Waals surface area (Å²) in [6.07, 6.45) is -2.54. The zero-order valence-electron chi connectivity index (χ0n) is 15.9. The van der Waals surface area contributed by atoms with Crippen LogP contribution in [0.15, 0.2) is 30.5 Å². The van der Waals surface area contributed by atoms with E-state index in [2.05, 4.69) is 15.5 Å². The number of nitrogens with one attached hydrogen (secondary N) is 2. The molecule has 1 aromatic carbocycles. The van der Waals surface area contributed by atoms with Crippen molar-refractivity contribution in [1.82, 2.24) is 15.5 Å². The Bertz CT molecular complexity index is 825. The van der Waals surface area contributed by atoms with Crippen molar-refractivity contribution in [3.05, 3.63) is 41.7 Å². The van der Waals surface area contributed by atoms with Crippen LogP contribution in [0.4, 0.5) is 29.3 Å². The summed E-state index contributed by atoms with van der Waals surface area (Å²) in [4.78, 5) is 13.8. The van der Waals surface area contributed by atoms with Crippen LogP contribution >= 0.6 is 0 Å². The van der Waals surface area contributed by atoms with Crippen LogP contribution in [0.25, 0.3) is 0 Å². The van der Waals surface area contributed by atoms with Crippen molar-refractivity contribution in [2.75, 3.05) is 18.0 Å². The quantitative estimate of drug-likeness (QED) is 0.813. The van der Waals surface area contributed by atoms with Crippen molar-refractivity contribution in [1.29, 1.82) is 0 Å². The summed E-state index contributed by atoms with van der Waals surface area (Å²) in [5, 5.41) is 9.75. The third-order valence-corrected chi connectivity index (χ3v) is 4.36. The van der Waals surface area contributed by atoms with E-state index in [-0.39, 0.29) is 5.92 Å². The highest BCUT2D eigenvalue weighted by Gasteiger charge is 2.31.